The van der Waals surface area contributed by atoms with E-state index in [2.05, 4.69) is 49.7 Å². The molecule has 10 nitrogen and oxygen atoms in total. The third-order valence-electron chi connectivity index (χ3n) is 6.33. The number of piperidine rings is 1. The van der Waals surface area contributed by atoms with E-state index in [1.54, 1.807) is 13.3 Å². The number of morpholine rings is 1. The highest BCUT2D eigenvalue weighted by molar-refractivity contribution is 5.92. The Bertz CT molecular complexity index is 1090. The Morgan fingerprint density at radius 2 is 1.85 bits per heavy atom. The molecule has 0 aliphatic carbocycles. The second kappa shape index (κ2) is 9.48. The summed E-state index contributed by atoms with van der Waals surface area (Å²) in [5, 5.41) is 9.34. The number of nitrogens with zero attached hydrogens (tertiary/aromatic N) is 7. The van der Waals surface area contributed by atoms with Gasteiger partial charge in [0.05, 0.1) is 30.2 Å². The number of pyridine rings is 1. The summed E-state index contributed by atoms with van der Waals surface area (Å²) < 4.78 is 13.1. The standard InChI is InChI=1S/C23H32N8O2/c1-16(2)31-19-14-21(25-15-18(19)22(28-31)29-10-12-33-13-11-29)26-20-4-7-24-23(27-20)30-8-5-17(32-3)6-9-30/h4,7,14-17H,5-6,8-13H2,1-3H3,(H,24,25,26,27). The summed E-state index contributed by atoms with van der Waals surface area (Å²) in [5.74, 6) is 3.17. The molecule has 5 rings (SSSR count). The Labute approximate surface area is 193 Å². The van der Waals surface area contributed by atoms with Crippen molar-refractivity contribution in [3.63, 3.8) is 0 Å². The van der Waals surface area contributed by atoms with Crippen molar-refractivity contribution in [2.24, 2.45) is 0 Å². The number of nitrogens with one attached hydrogen (secondary N) is 1. The van der Waals surface area contributed by atoms with Crippen molar-refractivity contribution in [2.75, 3.05) is 61.6 Å². The van der Waals surface area contributed by atoms with E-state index in [4.69, 9.17) is 19.6 Å². The Hall–Kier alpha value is -2.98. The normalized spacial score (nSPS) is 17.8. The molecule has 2 aliphatic heterocycles. The molecular weight excluding hydrogens is 420 g/mol. The fourth-order valence-electron chi connectivity index (χ4n) is 4.48. The lowest BCUT2D eigenvalue weighted by molar-refractivity contribution is 0.0816. The molecule has 0 atom stereocenters. The van der Waals surface area contributed by atoms with Crippen LogP contribution in [0, 0.1) is 0 Å². The summed E-state index contributed by atoms with van der Waals surface area (Å²) in [6, 6.07) is 4.16. The maximum atomic E-state index is 5.51. The maximum Gasteiger partial charge on any atom is 0.227 e. The molecule has 0 radical (unpaired) electrons. The van der Waals surface area contributed by atoms with Gasteiger partial charge in [0.1, 0.15) is 11.6 Å². The van der Waals surface area contributed by atoms with Gasteiger partial charge in [-0.05, 0) is 32.8 Å². The van der Waals surface area contributed by atoms with Gasteiger partial charge in [0, 0.05) is 57.8 Å². The zero-order valence-corrected chi connectivity index (χ0v) is 19.6. The number of hydrogen-bond acceptors (Lipinski definition) is 9. The largest absolute Gasteiger partial charge is 0.381 e. The molecule has 2 fully saturated rings. The molecule has 0 amide bonds. The van der Waals surface area contributed by atoms with E-state index >= 15 is 0 Å². The minimum Gasteiger partial charge on any atom is -0.381 e. The monoisotopic (exact) mass is 452 g/mol. The third-order valence-corrected chi connectivity index (χ3v) is 6.33. The molecule has 2 aliphatic rings. The van der Waals surface area contributed by atoms with Crippen molar-refractivity contribution in [3.8, 4) is 0 Å². The van der Waals surface area contributed by atoms with Crippen LogP contribution in [-0.4, -0.2) is 77.3 Å². The van der Waals surface area contributed by atoms with Gasteiger partial charge in [-0.25, -0.2) is 9.97 Å². The number of rotatable bonds is 6. The summed E-state index contributed by atoms with van der Waals surface area (Å²) in [4.78, 5) is 18.4. The number of ether oxygens (including phenoxy) is 2. The fraction of sp³-hybridized carbons (Fsp3) is 0.565. The van der Waals surface area contributed by atoms with E-state index in [-0.39, 0.29) is 6.04 Å². The minimum atomic E-state index is 0.234. The van der Waals surface area contributed by atoms with Crippen molar-refractivity contribution in [3.05, 3.63) is 24.5 Å². The summed E-state index contributed by atoms with van der Waals surface area (Å²) in [5.41, 5.74) is 1.06. The van der Waals surface area contributed by atoms with Gasteiger partial charge in [-0.3, -0.25) is 4.68 Å². The number of aromatic nitrogens is 5. The van der Waals surface area contributed by atoms with Crippen molar-refractivity contribution >= 4 is 34.3 Å². The van der Waals surface area contributed by atoms with Crippen LogP contribution in [-0.2, 0) is 9.47 Å². The van der Waals surface area contributed by atoms with Crippen LogP contribution in [0.2, 0.25) is 0 Å². The summed E-state index contributed by atoms with van der Waals surface area (Å²) in [6.45, 7) is 9.21. The third kappa shape index (κ3) is 4.58. The van der Waals surface area contributed by atoms with E-state index in [0.29, 0.717) is 6.10 Å². The Morgan fingerprint density at radius 1 is 1.06 bits per heavy atom. The van der Waals surface area contributed by atoms with E-state index in [9.17, 15) is 0 Å². The van der Waals surface area contributed by atoms with Gasteiger partial charge in [-0.1, -0.05) is 0 Å². The first kappa shape index (κ1) is 21.8. The first-order chi connectivity index (χ1) is 16.1. The van der Waals surface area contributed by atoms with Crippen LogP contribution in [0.3, 0.4) is 0 Å². The highest BCUT2D eigenvalue weighted by Crippen LogP contribution is 2.30. The number of anilines is 4. The molecule has 10 heteroatoms. The average Bonchev–Trinajstić information content (AvgIpc) is 3.24. The predicted molar refractivity (Wildman–Crippen MR) is 129 cm³/mol. The molecule has 3 aromatic rings. The number of methoxy groups -OCH3 is 1. The van der Waals surface area contributed by atoms with E-state index in [0.717, 1.165) is 86.5 Å². The maximum absolute atomic E-state index is 5.51. The van der Waals surface area contributed by atoms with Crippen LogP contribution in [0.4, 0.5) is 23.4 Å². The lowest BCUT2D eigenvalue weighted by Gasteiger charge is -2.31. The SMILES string of the molecule is COC1CCN(c2nccc(Nc3cc4c(cn3)c(N3CCOCC3)nn4C(C)C)n2)CC1. The second-order valence-electron chi connectivity index (χ2n) is 8.84. The van der Waals surface area contributed by atoms with Gasteiger partial charge in [0.25, 0.3) is 0 Å². The molecule has 0 unspecified atom stereocenters. The van der Waals surface area contributed by atoms with E-state index in [1.807, 2.05) is 12.3 Å². The fourth-order valence-corrected chi connectivity index (χ4v) is 4.48. The highest BCUT2D eigenvalue weighted by atomic mass is 16.5. The Balaban J connectivity index is 1.39. The van der Waals surface area contributed by atoms with Crippen molar-refractivity contribution in [1.82, 2.24) is 24.7 Å². The molecule has 1 N–H and O–H groups in total. The number of hydrogen-bond donors (Lipinski definition) is 1. The van der Waals surface area contributed by atoms with Crippen LogP contribution in [0.1, 0.15) is 32.7 Å². The molecule has 33 heavy (non-hydrogen) atoms. The van der Waals surface area contributed by atoms with Crippen LogP contribution in [0.5, 0.6) is 0 Å². The van der Waals surface area contributed by atoms with Crippen LogP contribution < -0.4 is 15.1 Å². The zero-order chi connectivity index (χ0) is 22.8. The summed E-state index contributed by atoms with van der Waals surface area (Å²) >= 11 is 0. The zero-order valence-electron chi connectivity index (χ0n) is 19.6. The molecular formula is C23H32N8O2. The molecule has 0 saturated carbocycles. The average molecular weight is 453 g/mol. The van der Waals surface area contributed by atoms with Crippen LogP contribution in [0.25, 0.3) is 10.9 Å². The van der Waals surface area contributed by atoms with Gasteiger partial charge in [0.2, 0.25) is 5.95 Å². The highest BCUT2D eigenvalue weighted by Gasteiger charge is 2.22. The Morgan fingerprint density at radius 3 is 2.58 bits per heavy atom. The molecule has 0 spiro atoms. The summed E-state index contributed by atoms with van der Waals surface area (Å²) in [7, 11) is 1.78. The molecule has 5 heterocycles. The smallest absolute Gasteiger partial charge is 0.227 e. The predicted octanol–water partition coefficient (Wildman–Crippen LogP) is 3.00. The van der Waals surface area contributed by atoms with Gasteiger partial charge >= 0.3 is 0 Å². The topological polar surface area (TPSA) is 93.5 Å². The quantitative estimate of drug-likeness (QED) is 0.606. The summed E-state index contributed by atoms with van der Waals surface area (Å²) in [6.07, 6.45) is 6.00. The van der Waals surface area contributed by atoms with Gasteiger partial charge in [0.15, 0.2) is 5.82 Å². The van der Waals surface area contributed by atoms with Crippen LogP contribution >= 0.6 is 0 Å². The van der Waals surface area contributed by atoms with Crippen molar-refractivity contribution in [2.45, 2.75) is 38.8 Å². The molecule has 176 valence electrons. The first-order valence-electron chi connectivity index (χ1n) is 11.7. The second-order valence-corrected chi connectivity index (χ2v) is 8.84. The van der Waals surface area contributed by atoms with Crippen LogP contribution in [0.15, 0.2) is 24.5 Å². The Kier molecular flexibility index (Phi) is 6.28. The molecule has 0 bridgehead atoms. The van der Waals surface area contributed by atoms with E-state index in [1.165, 1.54) is 0 Å². The van der Waals surface area contributed by atoms with Gasteiger partial charge in [-0.2, -0.15) is 10.1 Å². The van der Waals surface area contributed by atoms with Crippen molar-refractivity contribution in [1.29, 1.82) is 0 Å². The molecule has 0 aromatic carbocycles. The lowest BCUT2D eigenvalue weighted by atomic mass is 10.1. The lowest BCUT2D eigenvalue weighted by Crippen LogP contribution is -2.37. The first-order valence-corrected chi connectivity index (χ1v) is 11.7. The number of fused-ring (bicyclic) bond motifs is 1. The van der Waals surface area contributed by atoms with Gasteiger partial charge < -0.3 is 24.6 Å². The molecule has 2 saturated heterocycles. The minimum absolute atomic E-state index is 0.234. The van der Waals surface area contributed by atoms with Crippen molar-refractivity contribution < 1.29 is 9.47 Å². The van der Waals surface area contributed by atoms with Gasteiger partial charge in [-0.15, -0.1) is 0 Å². The van der Waals surface area contributed by atoms with E-state index < -0.39 is 0 Å². The molecule has 3 aromatic heterocycles.